The molecule has 2 N–H and O–H groups in total. The summed E-state index contributed by atoms with van der Waals surface area (Å²) in [4.78, 5) is 17.0. The number of nitrogens with zero attached hydrogens (tertiary/aromatic N) is 1. The Labute approximate surface area is 187 Å². The van der Waals surface area contributed by atoms with Crippen LogP contribution in [0.5, 0.6) is 5.75 Å². The number of carbonyl (C=O) groups is 1. The molecule has 0 bridgehead atoms. The molecule has 0 aliphatic heterocycles. The van der Waals surface area contributed by atoms with E-state index in [1.807, 2.05) is 36.4 Å². The van der Waals surface area contributed by atoms with E-state index in [1.54, 1.807) is 48.8 Å². The number of fused-ring (bicyclic) bond motifs is 1. The Morgan fingerprint density at radius 1 is 1.10 bits per heavy atom. The molecule has 0 unspecified atom stereocenters. The molecule has 1 amide bonds. The Bertz CT molecular complexity index is 1210. The van der Waals surface area contributed by atoms with Gasteiger partial charge in [-0.05, 0) is 66.8 Å². The van der Waals surface area contributed by atoms with Crippen LogP contribution >= 0.6 is 35.2 Å². The molecule has 1 aromatic heterocycles. The summed E-state index contributed by atoms with van der Waals surface area (Å²) < 4.78 is 6.20. The maximum atomic E-state index is 12.3. The predicted molar refractivity (Wildman–Crippen MR) is 127 cm³/mol. The summed E-state index contributed by atoms with van der Waals surface area (Å²) in [6, 6.07) is 20.2. The minimum atomic E-state index is -0.313. The number of hydrogen-bond acceptors (Lipinski definition) is 5. The van der Waals surface area contributed by atoms with Gasteiger partial charge in [0.15, 0.2) is 5.11 Å². The number of methoxy groups -OCH3 is 1. The summed E-state index contributed by atoms with van der Waals surface area (Å²) in [5.74, 6) is 0.363. The third kappa shape index (κ3) is 4.43. The number of rotatable bonds is 4. The van der Waals surface area contributed by atoms with E-state index in [4.69, 9.17) is 28.6 Å². The molecule has 0 saturated carbocycles. The third-order valence-electron chi connectivity index (χ3n) is 4.33. The van der Waals surface area contributed by atoms with Gasteiger partial charge in [-0.3, -0.25) is 10.1 Å². The lowest BCUT2D eigenvalue weighted by Gasteiger charge is -2.11. The van der Waals surface area contributed by atoms with E-state index in [0.717, 1.165) is 20.8 Å². The number of hydrogen-bond donors (Lipinski definition) is 2. The molecule has 0 aliphatic carbocycles. The van der Waals surface area contributed by atoms with Crippen molar-refractivity contribution in [2.24, 2.45) is 0 Å². The van der Waals surface area contributed by atoms with Crippen molar-refractivity contribution in [3.8, 4) is 16.3 Å². The van der Waals surface area contributed by atoms with Gasteiger partial charge in [-0.1, -0.05) is 23.7 Å². The predicted octanol–water partition coefficient (Wildman–Crippen LogP) is 5.75. The van der Waals surface area contributed by atoms with Gasteiger partial charge >= 0.3 is 0 Å². The number of aromatic nitrogens is 1. The molecule has 0 atom stereocenters. The molecule has 0 radical (unpaired) electrons. The number of ether oxygens (including phenoxy) is 1. The highest BCUT2D eigenvalue weighted by atomic mass is 35.5. The number of carbonyl (C=O) groups excluding carboxylic acids is 1. The second-order valence-corrected chi connectivity index (χ2v) is 8.16. The zero-order valence-electron chi connectivity index (χ0n) is 15.8. The van der Waals surface area contributed by atoms with E-state index in [-0.39, 0.29) is 11.0 Å². The average molecular weight is 454 g/mol. The van der Waals surface area contributed by atoms with Gasteiger partial charge in [0, 0.05) is 16.8 Å². The number of halogens is 1. The summed E-state index contributed by atoms with van der Waals surface area (Å²) in [7, 11) is 1.57. The highest BCUT2D eigenvalue weighted by Gasteiger charge is 2.12. The van der Waals surface area contributed by atoms with Crippen LogP contribution in [0.25, 0.3) is 20.8 Å². The van der Waals surface area contributed by atoms with Gasteiger partial charge in [0.1, 0.15) is 10.8 Å². The van der Waals surface area contributed by atoms with E-state index in [0.29, 0.717) is 22.0 Å². The smallest absolute Gasteiger partial charge is 0.257 e. The molecule has 150 valence electrons. The van der Waals surface area contributed by atoms with Gasteiger partial charge in [0.05, 0.1) is 22.3 Å². The number of para-hydroxylation sites is 1. The molecule has 0 spiro atoms. The highest BCUT2D eigenvalue weighted by molar-refractivity contribution is 7.80. The summed E-state index contributed by atoms with van der Waals surface area (Å²) in [6.07, 6.45) is 0. The molecule has 0 fully saturated rings. The fourth-order valence-electron chi connectivity index (χ4n) is 2.83. The van der Waals surface area contributed by atoms with E-state index in [9.17, 15) is 4.79 Å². The molecular formula is C22H16ClN3O2S2. The summed E-state index contributed by atoms with van der Waals surface area (Å²) >= 11 is 13.3. The quantitative estimate of drug-likeness (QED) is 0.385. The van der Waals surface area contributed by atoms with E-state index in [2.05, 4.69) is 15.6 Å². The van der Waals surface area contributed by atoms with Crippen LogP contribution in [0.3, 0.4) is 0 Å². The maximum absolute atomic E-state index is 12.3. The number of anilines is 1. The first kappa shape index (κ1) is 20.3. The van der Waals surface area contributed by atoms with Crippen LogP contribution in [-0.2, 0) is 0 Å². The standard InChI is InChI=1S/C22H16ClN3O2S2/c1-28-15-9-6-13(7-10-15)20(27)26-22(29)24-14-8-11-16(17(23)12-14)21-25-18-4-2-3-5-19(18)30-21/h2-12H,1H3,(H2,24,26,27,29). The number of amides is 1. The number of nitrogens with one attached hydrogen (secondary N) is 2. The molecule has 1 heterocycles. The lowest BCUT2D eigenvalue weighted by Crippen LogP contribution is -2.34. The van der Waals surface area contributed by atoms with Crippen molar-refractivity contribution in [1.29, 1.82) is 0 Å². The minimum Gasteiger partial charge on any atom is -0.497 e. The Morgan fingerprint density at radius 2 is 1.87 bits per heavy atom. The van der Waals surface area contributed by atoms with Crippen molar-refractivity contribution < 1.29 is 9.53 Å². The fraction of sp³-hybridized carbons (Fsp3) is 0.0455. The number of thiazole rings is 1. The highest BCUT2D eigenvalue weighted by Crippen LogP contribution is 2.35. The summed E-state index contributed by atoms with van der Waals surface area (Å²) in [5.41, 5.74) is 2.93. The lowest BCUT2D eigenvalue weighted by molar-refractivity contribution is 0.0977. The normalized spacial score (nSPS) is 10.6. The van der Waals surface area contributed by atoms with Gasteiger partial charge in [0.25, 0.3) is 5.91 Å². The van der Waals surface area contributed by atoms with Crippen molar-refractivity contribution in [3.63, 3.8) is 0 Å². The molecule has 8 heteroatoms. The van der Waals surface area contributed by atoms with Gasteiger partial charge < -0.3 is 10.1 Å². The molecule has 30 heavy (non-hydrogen) atoms. The van der Waals surface area contributed by atoms with Crippen molar-refractivity contribution in [3.05, 3.63) is 77.3 Å². The molecule has 4 aromatic rings. The van der Waals surface area contributed by atoms with E-state index < -0.39 is 0 Å². The SMILES string of the molecule is COc1ccc(C(=O)NC(=S)Nc2ccc(-c3nc4ccccc4s3)c(Cl)c2)cc1. The first-order valence-corrected chi connectivity index (χ1v) is 10.6. The van der Waals surface area contributed by atoms with Gasteiger partial charge in [0.2, 0.25) is 0 Å². The van der Waals surface area contributed by atoms with Gasteiger partial charge in [-0.15, -0.1) is 11.3 Å². The van der Waals surface area contributed by atoms with Crippen molar-refractivity contribution in [1.82, 2.24) is 10.3 Å². The lowest BCUT2D eigenvalue weighted by atomic mass is 10.2. The summed E-state index contributed by atoms with van der Waals surface area (Å²) in [6.45, 7) is 0. The summed E-state index contributed by atoms with van der Waals surface area (Å²) in [5, 5.41) is 7.21. The number of thiocarbonyl (C=S) groups is 1. The second-order valence-electron chi connectivity index (χ2n) is 6.32. The van der Waals surface area contributed by atoms with Crippen LogP contribution in [-0.4, -0.2) is 23.1 Å². The molecule has 0 aliphatic rings. The number of benzene rings is 3. The van der Waals surface area contributed by atoms with Crippen LogP contribution in [0, 0.1) is 0 Å². The zero-order chi connectivity index (χ0) is 21.1. The largest absolute Gasteiger partial charge is 0.497 e. The average Bonchev–Trinajstić information content (AvgIpc) is 3.17. The van der Waals surface area contributed by atoms with Crippen LogP contribution in [0.4, 0.5) is 5.69 Å². The molecule has 5 nitrogen and oxygen atoms in total. The minimum absolute atomic E-state index is 0.180. The van der Waals surface area contributed by atoms with Crippen LogP contribution in [0.1, 0.15) is 10.4 Å². The second kappa shape index (κ2) is 8.79. The Morgan fingerprint density at radius 3 is 2.57 bits per heavy atom. The maximum Gasteiger partial charge on any atom is 0.257 e. The van der Waals surface area contributed by atoms with Gasteiger partial charge in [-0.2, -0.15) is 0 Å². The van der Waals surface area contributed by atoms with Crippen LogP contribution in [0.15, 0.2) is 66.7 Å². The molecular weight excluding hydrogens is 438 g/mol. The Hall–Kier alpha value is -3.00. The Kier molecular flexibility index (Phi) is 5.94. The van der Waals surface area contributed by atoms with Gasteiger partial charge in [-0.25, -0.2) is 4.98 Å². The van der Waals surface area contributed by atoms with Crippen molar-refractivity contribution in [2.75, 3.05) is 12.4 Å². The van der Waals surface area contributed by atoms with Crippen LogP contribution < -0.4 is 15.4 Å². The molecule has 4 rings (SSSR count). The fourth-order valence-corrected chi connectivity index (χ4v) is 4.38. The third-order valence-corrected chi connectivity index (χ3v) is 5.92. The van der Waals surface area contributed by atoms with E-state index in [1.165, 1.54) is 0 Å². The zero-order valence-corrected chi connectivity index (χ0v) is 18.2. The monoisotopic (exact) mass is 453 g/mol. The first-order chi connectivity index (χ1) is 14.5. The topological polar surface area (TPSA) is 63.2 Å². The first-order valence-electron chi connectivity index (χ1n) is 8.95. The van der Waals surface area contributed by atoms with E-state index >= 15 is 0 Å². The van der Waals surface area contributed by atoms with Crippen molar-refractivity contribution in [2.45, 2.75) is 0 Å². The molecule has 3 aromatic carbocycles. The molecule has 0 saturated heterocycles. The van der Waals surface area contributed by atoms with Crippen molar-refractivity contribution >= 4 is 62.1 Å². The Balaban J connectivity index is 1.44. The van der Waals surface area contributed by atoms with Crippen LogP contribution in [0.2, 0.25) is 5.02 Å².